The van der Waals surface area contributed by atoms with Crippen LogP contribution in [0.25, 0.3) is 0 Å². The first-order valence-electron chi connectivity index (χ1n) is 3.94. The van der Waals surface area contributed by atoms with Gasteiger partial charge in [-0.2, -0.15) is 0 Å². The van der Waals surface area contributed by atoms with Gasteiger partial charge in [-0.1, -0.05) is 9.59 Å². The smallest absolute Gasteiger partial charge is 0.261 e. The Hall–Kier alpha value is -2.09. The summed E-state index contributed by atoms with van der Waals surface area (Å²) in [7, 11) is 0. The third-order valence-corrected chi connectivity index (χ3v) is 2.11. The summed E-state index contributed by atoms with van der Waals surface area (Å²) in [5, 5.41) is 9.75. The molecule has 0 saturated carbocycles. The molecule has 3 N–H and O–H groups in total. The van der Waals surface area contributed by atoms with E-state index >= 15 is 0 Å². The van der Waals surface area contributed by atoms with Gasteiger partial charge in [0.05, 0.1) is 5.56 Å². The van der Waals surface area contributed by atoms with Gasteiger partial charge >= 0.3 is 0 Å². The van der Waals surface area contributed by atoms with E-state index in [1.165, 1.54) is 6.20 Å². The first-order chi connectivity index (χ1) is 7.27. The molecule has 0 atom stereocenters. The highest BCUT2D eigenvalue weighted by Gasteiger charge is 2.11. The van der Waals surface area contributed by atoms with Gasteiger partial charge in [0.25, 0.3) is 5.91 Å². The third kappa shape index (κ3) is 2.05. The molecule has 8 heteroatoms. The van der Waals surface area contributed by atoms with E-state index in [2.05, 4.69) is 25.1 Å². The summed E-state index contributed by atoms with van der Waals surface area (Å²) in [5.41, 5.74) is 5.83. The third-order valence-electron chi connectivity index (χ3n) is 1.60. The minimum atomic E-state index is -0.376. The van der Waals surface area contributed by atoms with Crippen LogP contribution in [0, 0.1) is 0 Å². The minimum absolute atomic E-state index is 0.174. The molecule has 15 heavy (non-hydrogen) atoms. The second-order valence-corrected chi connectivity index (χ2v) is 3.29. The van der Waals surface area contributed by atoms with Crippen molar-refractivity contribution in [2.45, 2.75) is 0 Å². The molecule has 0 aromatic carbocycles. The van der Waals surface area contributed by atoms with E-state index in [1.54, 1.807) is 12.1 Å². The molecular formula is C7H6N6OS. The van der Waals surface area contributed by atoms with Crippen molar-refractivity contribution in [1.29, 1.82) is 0 Å². The molecule has 2 heterocycles. The molecule has 0 spiro atoms. The molecule has 7 nitrogen and oxygen atoms in total. The van der Waals surface area contributed by atoms with E-state index in [9.17, 15) is 4.79 Å². The lowest BCUT2D eigenvalue weighted by atomic mass is 10.2. The number of nitrogens with two attached hydrogens (primary N) is 1. The summed E-state index contributed by atoms with van der Waals surface area (Å²) in [5.74, 6) is -0.202. The van der Waals surface area contributed by atoms with Crippen LogP contribution in [0.1, 0.15) is 10.4 Å². The molecule has 1 amide bonds. The average Bonchev–Trinajstić information content (AvgIpc) is 2.71. The standard InChI is InChI=1S/C7H6N6OS/c8-5-4(2-1-3-9-5)6(14)10-7-11-12-13-15-7/h1-3H,(H2,8,9)(H,10,11,13,14). The SMILES string of the molecule is Nc1ncccc1C(=O)Nc1nnns1. The maximum absolute atomic E-state index is 11.6. The maximum atomic E-state index is 11.6. The normalized spacial score (nSPS) is 9.87. The Bertz CT molecular complexity index is 470. The van der Waals surface area contributed by atoms with E-state index < -0.39 is 0 Å². The fourth-order valence-corrected chi connectivity index (χ4v) is 1.32. The van der Waals surface area contributed by atoms with Crippen LogP contribution in [0.4, 0.5) is 10.9 Å². The van der Waals surface area contributed by atoms with Crippen LogP contribution >= 0.6 is 11.5 Å². The number of carbonyl (C=O) groups is 1. The highest BCUT2D eigenvalue weighted by Crippen LogP contribution is 2.11. The van der Waals surface area contributed by atoms with E-state index in [4.69, 9.17) is 5.73 Å². The summed E-state index contributed by atoms with van der Waals surface area (Å²) in [6.07, 6.45) is 1.51. The average molecular weight is 222 g/mol. The summed E-state index contributed by atoms with van der Waals surface area (Å²) in [6.45, 7) is 0. The largest absolute Gasteiger partial charge is 0.383 e. The van der Waals surface area contributed by atoms with E-state index in [0.29, 0.717) is 10.7 Å². The van der Waals surface area contributed by atoms with Crippen molar-refractivity contribution in [3.05, 3.63) is 23.9 Å². The number of pyridine rings is 1. The van der Waals surface area contributed by atoms with E-state index in [0.717, 1.165) is 11.5 Å². The fraction of sp³-hybridized carbons (Fsp3) is 0. The molecule has 0 unspecified atom stereocenters. The Morgan fingerprint density at radius 1 is 1.53 bits per heavy atom. The Balaban J connectivity index is 2.19. The highest BCUT2D eigenvalue weighted by molar-refractivity contribution is 7.09. The van der Waals surface area contributed by atoms with Crippen LogP contribution < -0.4 is 11.1 Å². The Labute approximate surface area is 88.5 Å². The minimum Gasteiger partial charge on any atom is -0.383 e. The van der Waals surface area contributed by atoms with E-state index in [1.807, 2.05) is 0 Å². The molecular weight excluding hydrogens is 216 g/mol. The zero-order valence-corrected chi connectivity index (χ0v) is 8.23. The molecule has 0 saturated heterocycles. The number of carbonyl (C=O) groups excluding carboxylic acids is 1. The fourth-order valence-electron chi connectivity index (χ4n) is 0.956. The predicted octanol–water partition coefficient (Wildman–Crippen LogP) is 0.163. The molecule has 76 valence electrons. The van der Waals surface area contributed by atoms with Gasteiger partial charge in [-0.3, -0.25) is 10.1 Å². The first kappa shape index (κ1) is 9.46. The zero-order valence-electron chi connectivity index (χ0n) is 7.41. The van der Waals surface area contributed by atoms with Gasteiger partial charge in [0.15, 0.2) is 0 Å². The molecule has 2 rings (SSSR count). The quantitative estimate of drug-likeness (QED) is 0.749. The molecule has 0 fully saturated rings. The number of aromatic nitrogens is 4. The van der Waals surface area contributed by atoms with E-state index in [-0.39, 0.29) is 11.7 Å². The second-order valence-electron chi connectivity index (χ2n) is 2.56. The van der Waals surface area contributed by atoms with Crippen LogP contribution in [-0.2, 0) is 0 Å². The number of anilines is 2. The van der Waals surface area contributed by atoms with Crippen molar-refractivity contribution in [2.24, 2.45) is 0 Å². The lowest BCUT2D eigenvalue weighted by Gasteiger charge is -2.02. The summed E-state index contributed by atoms with van der Waals surface area (Å²) < 4.78 is 3.51. The second kappa shape index (κ2) is 3.96. The number of rotatable bonds is 2. The zero-order chi connectivity index (χ0) is 10.7. The Morgan fingerprint density at radius 3 is 3.07 bits per heavy atom. The highest BCUT2D eigenvalue weighted by atomic mass is 32.1. The van der Waals surface area contributed by atoms with Gasteiger partial charge in [-0.05, 0) is 17.3 Å². The summed E-state index contributed by atoms with van der Waals surface area (Å²) >= 11 is 0.986. The van der Waals surface area contributed by atoms with Crippen LogP contribution in [0.2, 0.25) is 0 Å². The van der Waals surface area contributed by atoms with Crippen molar-refractivity contribution < 1.29 is 4.79 Å². The molecule has 2 aromatic heterocycles. The molecule has 0 aliphatic heterocycles. The molecule has 2 aromatic rings. The molecule has 0 aliphatic carbocycles. The number of nitrogens with one attached hydrogen (secondary N) is 1. The number of hydrogen-bond donors (Lipinski definition) is 2. The van der Waals surface area contributed by atoms with Crippen LogP contribution in [0.5, 0.6) is 0 Å². The molecule has 0 bridgehead atoms. The van der Waals surface area contributed by atoms with Crippen molar-refractivity contribution in [3.63, 3.8) is 0 Å². The van der Waals surface area contributed by atoms with Gasteiger partial charge in [0.2, 0.25) is 5.13 Å². The van der Waals surface area contributed by atoms with Crippen molar-refractivity contribution in [3.8, 4) is 0 Å². The van der Waals surface area contributed by atoms with Gasteiger partial charge in [0.1, 0.15) is 5.82 Å². The maximum Gasteiger partial charge on any atom is 0.261 e. The molecule has 0 aliphatic rings. The monoisotopic (exact) mass is 222 g/mol. The van der Waals surface area contributed by atoms with Gasteiger partial charge < -0.3 is 5.73 Å². The van der Waals surface area contributed by atoms with Gasteiger partial charge in [-0.25, -0.2) is 4.98 Å². The van der Waals surface area contributed by atoms with Crippen molar-refractivity contribution in [1.82, 2.24) is 19.8 Å². The molecule has 0 radical (unpaired) electrons. The van der Waals surface area contributed by atoms with Crippen molar-refractivity contribution >= 4 is 28.4 Å². The van der Waals surface area contributed by atoms with Gasteiger partial charge in [0, 0.05) is 17.7 Å². The first-order valence-corrected chi connectivity index (χ1v) is 4.71. The van der Waals surface area contributed by atoms with Crippen LogP contribution in [-0.4, -0.2) is 25.7 Å². The van der Waals surface area contributed by atoms with Crippen LogP contribution in [0.15, 0.2) is 18.3 Å². The topological polar surface area (TPSA) is 107 Å². The number of nitrogen functional groups attached to an aromatic ring is 1. The number of nitrogens with zero attached hydrogens (tertiary/aromatic N) is 4. The number of amides is 1. The van der Waals surface area contributed by atoms with Crippen LogP contribution in [0.3, 0.4) is 0 Å². The van der Waals surface area contributed by atoms with Crippen molar-refractivity contribution in [2.75, 3.05) is 11.1 Å². The Morgan fingerprint density at radius 2 is 2.40 bits per heavy atom. The Kier molecular flexibility index (Phi) is 2.50. The summed E-state index contributed by atoms with van der Waals surface area (Å²) in [6, 6.07) is 3.20. The lowest BCUT2D eigenvalue weighted by Crippen LogP contribution is -2.14. The number of hydrogen-bond acceptors (Lipinski definition) is 7. The van der Waals surface area contributed by atoms with Gasteiger partial charge in [-0.15, -0.1) is 0 Å². The lowest BCUT2D eigenvalue weighted by molar-refractivity contribution is 0.102. The predicted molar refractivity (Wildman–Crippen MR) is 54.3 cm³/mol. The summed E-state index contributed by atoms with van der Waals surface area (Å²) in [4.78, 5) is 15.4.